The molecule has 100 valence electrons. The largest absolute Gasteiger partial charge is 0.507 e. The number of benzene rings is 1. The van der Waals surface area contributed by atoms with Crippen LogP contribution in [0.1, 0.15) is 29.6 Å². The maximum absolute atomic E-state index is 12.0. The number of phenols is 1. The van der Waals surface area contributed by atoms with Gasteiger partial charge in [-0.3, -0.25) is 4.79 Å². The summed E-state index contributed by atoms with van der Waals surface area (Å²) >= 11 is 8.78. The number of carbonyl (C=O) groups excluding carboxylic acids is 1. The first-order valence-electron chi connectivity index (χ1n) is 5.86. The summed E-state index contributed by atoms with van der Waals surface area (Å²) in [4.78, 5) is 13.7. The van der Waals surface area contributed by atoms with Gasteiger partial charge in [0.15, 0.2) is 0 Å². The highest BCUT2D eigenvalue weighted by atomic mass is 79.9. The molecular weight excluding hydrogens is 318 g/mol. The lowest BCUT2D eigenvalue weighted by Crippen LogP contribution is -2.27. The normalized spacial score (nSPS) is 10.4. The van der Waals surface area contributed by atoms with E-state index in [0.717, 1.165) is 19.3 Å². The lowest BCUT2D eigenvalue weighted by atomic mass is 10.2. The molecule has 0 radical (unpaired) electrons. The Hall–Kier alpha value is -0.740. The summed E-state index contributed by atoms with van der Waals surface area (Å²) in [6.45, 7) is 0.701. The fourth-order valence-corrected chi connectivity index (χ4v) is 2.02. The molecule has 18 heavy (non-hydrogen) atoms. The van der Waals surface area contributed by atoms with E-state index in [1.165, 1.54) is 6.07 Å². The van der Waals surface area contributed by atoms with E-state index in [1.807, 2.05) is 0 Å². The van der Waals surface area contributed by atoms with Crippen molar-refractivity contribution in [3.63, 3.8) is 0 Å². The molecule has 0 aliphatic carbocycles. The Labute approximate surface area is 121 Å². The molecule has 0 unspecified atom stereocenters. The van der Waals surface area contributed by atoms with Gasteiger partial charge in [0.25, 0.3) is 5.91 Å². The van der Waals surface area contributed by atoms with Gasteiger partial charge in [-0.1, -0.05) is 6.42 Å². The van der Waals surface area contributed by atoms with Gasteiger partial charge in [0.2, 0.25) is 0 Å². The van der Waals surface area contributed by atoms with E-state index >= 15 is 0 Å². The van der Waals surface area contributed by atoms with E-state index < -0.39 is 0 Å². The number of carbonyl (C=O) groups is 1. The Bertz CT molecular complexity index is 412. The molecule has 1 amide bonds. The maximum atomic E-state index is 12.0. The zero-order valence-corrected chi connectivity index (χ0v) is 12.7. The first kappa shape index (κ1) is 15.3. The van der Waals surface area contributed by atoms with Crippen LogP contribution in [0.5, 0.6) is 5.75 Å². The molecule has 0 saturated heterocycles. The zero-order chi connectivity index (χ0) is 13.5. The van der Waals surface area contributed by atoms with Crippen LogP contribution < -0.4 is 0 Å². The summed E-state index contributed by atoms with van der Waals surface area (Å²) in [6, 6.07) is 4.84. The van der Waals surface area contributed by atoms with E-state index in [0.29, 0.717) is 22.5 Å². The van der Waals surface area contributed by atoms with E-state index in [9.17, 15) is 9.90 Å². The van der Waals surface area contributed by atoms with Crippen molar-refractivity contribution in [2.24, 2.45) is 0 Å². The summed E-state index contributed by atoms with van der Waals surface area (Å²) in [5, 5.41) is 9.54. The summed E-state index contributed by atoms with van der Waals surface area (Å²) in [5.74, 6) is 0.665. The van der Waals surface area contributed by atoms with Gasteiger partial charge in [0.05, 0.1) is 4.47 Å². The predicted molar refractivity (Wildman–Crippen MR) is 77.3 cm³/mol. The van der Waals surface area contributed by atoms with Crippen LogP contribution in [0.15, 0.2) is 22.7 Å². The first-order chi connectivity index (χ1) is 8.56. The van der Waals surface area contributed by atoms with Gasteiger partial charge >= 0.3 is 0 Å². The Morgan fingerprint density at radius 2 is 2.11 bits per heavy atom. The molecule has 1 aromatic carbocycles. The molecule has 3 nitrogen and oxygen atoms in total. The number of rotatable bonds is 6. The minimum atomic E-state index is -0.0799. The van der Waals surface area contributed by atoms with Gasteiger partial charge < -0.3 is 10.0 Å². The zero-order valence-electron chi connectivity index (χ0n) is 10.3. The highest BCUT2D eigenvalue weighted by Crippen LogP contribution is 2.24. The molecule has 0 aliphatic rings. The van der Waals surface area contributed by atoms with Crippen molar-refractivity contribution in [3.8, 4) is 5.75 Å². The van der Waals surface area contributed by atoms with Crippen molar-refractivity contribution in [1.82, 2.24) is 4.90 Å². The number of hydrogen-bond acceptors (Lipinski definition) is 2. The van der Waals surface area contributed by atoms with Gasteiger partial charge in [-0.05, 0) is 47.0 Å². The molecule has 0 aromatic heterocycles. The van der Waals surface area contributed by atoms with Crippen LogP contribution in [-0.2, 0) is 0 Å². The van der Waals surface area contributed by atoms with Gasteiger partial charge in [0.1, 0.15) is 5.75 Å². The minimum absolute atomic E-state index is 0.0799. The number of aromatic hydroxyl groups is 1. The van der Waals surface area contributed by atoms with Crippen molar-refractivity contribution >= 4 is 33.4 Å². The lowest BCUT2D eigenvalue weighted by Gasteiger charge is -2.17. The van der Waals surface area contributed by atoms with Crippen LogP contribution in [0.3, 0.4) is 0 Å². The fraction of sp³-hybridized carbons (Fsp3) is 0.462. The third-order valence-corrected chi connectivity index (χ3v) is 3.60. The van der Waals surface area contributed by atoms with Gasteiger partial charge in [0, 0.05) is 25.0 Å². The topological polar surface area (TPSA) is 40.5 Å². The highest BCUT2D eigenvalue weighted by molar-refractivity contribution is 9.10. The number of phenolic OH excluding ortho intramolecular Hbond substituents is 1. The fourth-order valence-electron chi connectivity index (χ4n) is 1.59. The van der Waals surface area contributed by atoms with E-state index in [1.54, 1.807) is 24.1 Å². The molecule has 0 fully saturated rings. The van der Waals surface area contributed by atoms with Crippen LogP contribution in [-0.4, -0.2) is 35.4 Å². The molecule has 0 atom stereocenters. The Balaban J connectivity index is 2.54. The standard InChI is InChI=1S/C13H17BrClNO2/c1-16(8-4-2-3-7-15)13(18)10-5-6-11(14)12(17)9-10/h5-6,9,17H,2-4,7-8H2,1H3. The van der Waals surface area contributed by atoms with Crippen molar-refractivity contribution in [2.45, 2.75) is 19.3 Å². The second kappa shape index (κ2) is 7.64. The lowest BCUT2D eigenvalue weighted by molar-refractivity contribution is 0.0792. The van der Waals surface area contributed by atoms with Crippen molar-refractivity contribution < 1.29 is 9.90 Å². The molecule has 0 bridgehead atoms. The quantitative estimate of drug-likeness (QED) is 0.637. The average molecular weight is 335 g/mol. The molecule has 1 aromatic rings. The van der Waals surface area contributed by atoms with Crippen LogP contribution in [0.2, 0.25) is 0 Å². The second-order valence-corrected chi connectivity index (χ2v) is 5.37. The van der Waals surface area contributed by atoms with Crippen LogP contribution in [0.4, 0.5) is 0 Å². The van der Waals surface area contributed by atoms with Crippen LogP contribution >= 0.6 is 27.5 Å². The molecule has 0 spiro atoms. The van der Waals surface area contributed by atoms with E-state index in [4.69, 9.17) is 11.6 Å². The molecule has 0 aliphatic heterocycles. The van der Waals surface area contributed by atoms with Gasteiger partial charge in [-0.15, -0.1) is 11.6 Å². The minimum Gasteiger partial charge on any atom is -0.507 e. The van der Waals surface area contributed by atoms with Crippen molar-refractivity contribution in [1.29, 1.82) is 0 Å². The van der Waals surface area contributed by atoms with E-state index in [2.05, 4.69) is 15.9 Å². The van der Waals surface area contributed by atoms with Crippen LogP contribution in [0, 0.1) is 0 Å². The summed E-state index contributed by atoms with van der Waals surface area (Å²) < 4.78 is 0.587. The number of amides is 1. The number of hydrogen-bond donors (Lipinski definition) is 1. The number of alkyl halides is 1. The molecular formula is C13H17BrClNO2. The number of unbranched alkanes of at least 4 members (excludes halogenated alkanes) is 2. The third kappa shape index (κ3) is 4.50. The molecule has 1 rings (SSSR count). The molecule has 0 heterocycles. The van der Waals surface area contributed by atoms with E-state index in [-0.39, 0.29) is 11.7 Å². The smallest absolute Gasteiger partial charge is 0.253 e. The van der Waals surface area contributed by atoms with Gasteiger partial charge in [-0.2, -0.15) is 0 Å². The predicted octanol–water partition coefficient (Wildman–Crippen LogP) is 3.64. The highest BCUT2D eigenvalue weighted by Gasteiger charge is 2.12. The third-order valence-electron chi connectivity index (χ3n) is 2.67. The maximum Gasteiger partial charge on any atom is 0.253 e. The Morgan fingerprint density at radius 3 is 2.72 bits per heavy atom. The van der Waals surface area contributed by atoms with Crippen molar-refractivity contribution in [2.75, 3.05) is 19.5 Å². The molecule has 1 N–H and O–H groups in total. The SMILES string of the molecule is CN(CCCCCCl)C(=O)c1ccc(Br)c(O)c1. The second-order valence-electron chi connectivity index (χ2n) is 4.14. The number of nitrogens with zero attached hydrogens (tertiary/aromatic N) is 1. The Kier molecular flexibility index (Phi) is 6.50. The number of halogens is 2. The summed E-state index contributed by atoms with van der Waals surface area (Å²) in [6.07, 6.45) is 2.94. The average Bonchev–Trinajstić information content (AvgIpc) is 2.37. The molecule has 5 heteroatoms. The Morgan fingerprint density at radius 1 is 1.39 bits per heavy atom. The first-order valence-corrected chi connectivity index (χ1v) is 7.19. The van der Waals surface area contributed by atoms with Gasteiger partial charge in [-0.25, -0.2) is 0 Å². The summed E-state index contributed by atoms with van der Waals surface area (Å²) in [7, 11) is 1.77. The summed E-state index contributed by atoms with van der Waals surface area (Å²) in [5.41, 5.74) is 0.496. The van der Waals surface area contributed by atoms with Crippen LogP contribution in [0.25, 0.3) is 0 Å². The monoisotopic (exact) mass is 333 g/mol. The van der Waals surface area contributed by atoms with Crippen molar-refractivity contribution in [3.05, 3.63) is 28.2 Å². The molecule has 0 saturated carbocycles.